The van der Waals surface area contributed by atoms with Gasteiger partial charge in [0.25, 0.3) is 5.91 Å². The maximum Gasteiger partial charge on any atom is 0.259 e. The van der Waals surface area contributed by atoms with Crippen LogP contribution in [0.25, 0.3) is 11.3 Å². The van der Waals surface area contributed by atoms with Gasteiger partial charge < -0.3 is 14.7 Å². The molecule has 3 rings (SSSR count). The fourth-order valence-electron chi connectivity index (χ4n) is 3.07. The normalized spacial score (nSPS) is 18.0. The second-order valence-corrected chi connectivity index (χ2v) is 6.35. The van der Waals surface area contributed by atoms with Crippen LogP contribution in [0.2, 0.25) is 5.02 Å². The first-order valence-corrected chi connectivity index (χ1v) is 8.28. The summed E-state index contributed by atoms with van der Waals surface area (Å²) in [6, 6.07) is 4.62. The number of likely N-dealkylation sites (tertiary alicyclic amines) is 1. The molecule has 7 heteroatoms. The number of aryl methyl sites for hydroxylation is 1. The third-order valence-corrected chi connectivity index (χ3v) is 4.71. The van der Waals surface area contributed by atoms with Crippen LogP contribution < -0.4 is 5.32 Å². The molecule has 1 unspecified atom stereocenters. The van der Waals surface area contributed by atoms with Crippen LogP contribution in [0.1, 0.15) is 29.0 Å². The summed E-state index contributed by atoms with van der Waals surface area (Å²) < 4.78 is 19.4. The molecule has 1 aliphatic heterocycles. The maximum absolute atomic E-state index is 14.2. The molecular formula is C17H19ClFN3O2. The number of piperidine rings is 1. The third kappa shape index (κ3) is 3.03. The molecule has 0 aliphatic carbocycles. The van der Waals surface area contributed by atoms with Gasteiger partial charge in [0.1, 0.15) is 22.8 Å². The number of nitrogens with one attached hydrogen (secondary N) is 1. The number of carbonyl (C=O) groups is 1. The smallest absolute Gasteiger partial charge is 0.259 e. The Hall–Kier alpha value is -1.92. The van der Waals surface area contributed by atoms with Crippen molar-refractivity contribution in [3.63, 3.8) is 0 Å². The van der Waals surface area contributed by atoms with E-state index in [0.29, 0.717) is 18.8 Å². The standard InChI is InChI=1S/C17H19ClFN3O2/c1-10-14(17(23)22-8-4-5-11(9-22)20-2)16(21-24-10)15-12(18)6-3-7-13(15)19/h3,6-7,11,20H,4-5,8-9H2,1-2H3. The molecule has 1 aromatic heterocycles. The molecule has 0 spiro atoms. The van der Waals surface area contributed by atoms with E-state index in [1.807, 2.05) is 7.05 Å². The van der Waals surface area contributed by atoms with Gasteiger partial charge >= 0.3 is 0 Å². The number of halogens is 2. The monoisotopic (exact) mass is 351 g/mol. The zero-order chi connectivity index (χ0) is 17.3. The molecule has 0 saturated carbocycles. The Balaban J connectivity index is 2.00. The third-order valence-electron chi connectivity index (χ3n) is 4.39. The summed E-state index contributed by atoms with van der Waals surface area (Å²) in [5, 5.41) is 7.30. The number of carbonyl (C=O) groups excluding carboxylic acids is 1. The predicted octanol–water partition coefficient (Wildman–Crippen LogP) is 3.27. The highest BCUT2D eigenvalue weighted by Gasteiger charge is 2.31. The van der Waals surface area contributed by atoms with Gasteiger partial charge in [-0.1, -0.05) is 22.8 Å². The Morgan fingerprint density at radius 3 is 3.00 bits per heavy atom. The van der Waals surface area contributed by atoms with Gasteiger partial charge in [-0.05, 0) is 38.9 Å². The van der Waals surface area contributed by atoms with Gasteiger partial charge in [0, 0.05) is 19.1 Å². The lowest BCUT2D eigenvalue weighted by molar-refractivity contribution is 0.0697. The SMILES string of the molecule is CNC1CCCN(C(=O)c2c(-c3c(F)cccc3Cl)noc2C)C1. The molecule has 1 saturated heterocycles. The van der Waals surface area contributed by atoms with E-state index in [9.17, 15) is 9.18 Å². The molecule has 2 heterocycles. The highest BCUT2D eigenvalue weighted by Crippen LogP contribution is 2.34. The average molecular weight is 352 g/mol. The van der Waals surface area contributed by atoms with Gasteiger partial charge in [-0.25, -0.2) is 4.39 Å². The molecule has 128 valence electrons. The number of aromatic nitrogens is 1. The Kier molecular flexibility index (Phi) is 4.87. The number of nitrogens with zero attached hydrogens (tertiary/aromatic N) is 2. The van der Waals surface area contributed by atoms with Crippen LogP contribution in [0.4, 0.5) is 4.39 Å². The first kappa shape index (κ1) is 16.9. The Bertz CT molecular complexity index is 742. The quantitative estimate of drug-likeness (QED) is 0.922. The van der Waals surface area contributed by atoms with Crippen molar-refractivity contribution < 1.29 is 13.7 Å². The molecule has 1 aliphatic rings. The number of amides is 1. The van der Waals surface area contributed by atoms with Crippen molar-refractivity contribution >= 4 is 17.5 Å². The van der Waals surface area contributed by atoms with Crippen molar-refractivity contribution in [1.29, 1.82) is 0 Å². The van der Waals surface area contributed by atoms with E-state index in [1.165, 1.54) is 12.1 Å². The van der Waals surface area contributed by atoms with Gasteiger partial charge in [-0.2, -0.15) is 0 Å². The Labute approximate surface area is 144 Å². The minimum Gasteiger partial charge on any atom is -0.360 e. The van der Waals surface area contributed by atoms with E-state index in [0.717, 1.165) is 12.8 Å². The van der Waals surface area contributed by atoms with Crippen molar-refractivity contribution in [2.24, 2.45) is 0 Å². The van der Waals surface area contributed by atoms with Gasteiger partial charge in [0.15, 0.2) is 0 Å². The lowest BCUT2D eigenvalue weighted by Crippen LogP contribution is -2.47. The summed E-state index contributed by atoms with van der Waals surface area (Å²) in [4.78, 5) is 14.7. The predicted molar refractivity (Wildman–Crippen MR) is 89.6 cm³/mol. The Morgan fingerprint density at radius 1 is 1.50 bits per heavy atom. The average Bonchev–Trinajstić information content (AvgIpc) is 2.95. The number of benzene rings is 1. The summed E-state index contributed by atoms with van der Waals surface area (Å²) in [6.07, 6.45) is 1.94. The molecule has 1 atom stereocenters. The summed E-state index contributed by atoms with van der Waals surface area (Å²) in [7, 11) is 1.88. The van der Waals surface area contributed by atoms with Gasteiger partial charge in [-0.3, -0.25) is 4.79 Å². The Morgan fingerprint density at radius 2 is 2.29 bits per heavy atom. The van der Waals surface area contributed by atoms with Crippen molar-refractivity contribution in [2.75, 3.05) is 20.1 Å². The molecule has 1 aromatic carbocycles. The van der Waals surface area contributed by atoms with Crippen LogP contribution >= 0.6 is 11.6 Å². The minimum atomic E-state index is -0.531. The number of rotatable bonds is 3. The van der Waals surface area contributed by atoms with Crippen LogP contribution in [0.15, 0.2) is 22.7 Å². The second kappa shape index (κ2) is 6.91. The molecule has 1 fully saturated rings. The lowest BCUT2D eigenvalue weighted by atomic mass is 10.0. The van der Waals surface area contributed by atoms with Crippen LogP contribution in [0.5, 0.6) is 0 Å². The highest BCUT2D eigenvalue weighted by molar-refractivity contribution is 6.33. The van der Waals surface area contributed by atoms with Crippen LogP contribution in [-0.2, 0) is 0 Å². The zero-order valence-corrected chi connectivity index (χ0v) is 14.4. The molecule has 24 heavy (non-hydrogen) atoms. The fourth-order valence-corrected chi connectivity index (χ4v) is 3.33. The zero-order valence-electron chi connectivity index (χ0n) is 13.6. The second-order valence-electron chi connectivity index (χ2n) is 5.94. The number of hydrogen-bond donors (Lipinski definition) is 1. The van der Waals surface area contributed by atoms with Gasteiger partial charge in [-0.15, -0.1) is 0 Å². The highest BCUT2D eigenvalue weighted by atomic mass is 35.5. The van der Waals surface area contributed by atoms with Crippen LogP contribution in [-0.4, -0.2) is 42.1 Å². The molecule has 0 radical (unpaired) electrons. The van der Waals surface area contributed by atoms with Crippen molar-refractivity contribution in [1.82, 2.24) is 15.4 Å². The van der Waals surface area contributed by atoms with Crippen molar-refractivity contribution in [2.45, 2.75) is 25.8 Å². The first-order chi connectivity index (χ1) is 11.5. The molecule has 1 N–H and O–H groups in total. The van der Waals surface area contributed by atoms with Gasteiger partial charge in [0.2, 0.25) is 0 Å². The van der Waals surface area contributed by atoms with Crippen LogP contribution in [0.3, 0.4) is 0 Å². The largest absolute Gasteiger partial charge is 0.360 e. The van der Waals surface area contributed by atoms with E-state index in [2.05, 4.69) is 10.5 Å². The van der Waals surface area contributed by atoms with E-state index in [-0.39, 0.29) is 33.8 Å². The van der Waals surface area contributed by atoms with E-state index in [1.54, 1.807) is 17.9 Å². The van der Waals surface area contributed by atoms with E-state index < -0.39 is 5.82 Å². The molecular weight excluding hydrogens is 333 g/mol. The minimum absolute atomic E-state index is 0.0987. The molecule has 2 aromatic rings. The first-order valence-electron chi connectivity index (χ1n) is 7.90. The lowest BCUT2D eigenvalue weighted by Gasteiger charge is -2.32. The summed E-state index contributed by atoms with van der Waals surface area (Å²) >= 11 is 6.12. The van der Waals surface area contributed by atoms with Crippen molar-refractivity contribution in [3.8, 4) is 11.3 Å². The summed E-state index contributed by atoms with van der Waals surface area (Å²) in [6.45, 7) is 2.91. The summed E-state index contributed by atoms with van der Waals surface area (Å²) in [5.41, 5.74) is 0.535. The number of hydrogen-bond acceptors (Lipinski definition) is 4. The molecule has 0 bridgehead atoms. The fraction of sp³-hybridized carbons (Fsp3) is 0.412. The molecule has 1 amide bonds. The topological polar surface area (TPSA) is 58.4 Å². The van der Waals surface area contributed by atoms with Crippen LogP contribution in [0, 0.1) is 12.7 Å². The maximum atomic E-state index is 14.2. The number of likely N-dealkylation sites (N-methyl/N-ethyl adjacent to an activating group) is 1. The molecule has 5 nitrogen and oxygen atoms in total. The van der Waals surface area contributed by atoms with E-state index >= 15 is 0 Å². The van der Waals surface area contributed by atoms with E-state index in [4.69, 9.17) is 16.1 Å². The van der Waals surface area contributed by atoms with Gasteiger partial charge in [0.05, 0.1) is 10.6 Å². The van der Waals surface area contributed by atoms with Crippen molar-refractivity contribution in [3.05, 3.63) is 40.4 Å². The summed E-state index contributed by atoms with van der Waals surface area (Å²) in [5.74, 6) is -0.375.